The first-order valence-corrected chi connectivity index (χ1v) is 7.25. The Kier molecular flexibility index (Phi) is 3.94. The van der Waals surface area contributed by atoms with E-state index in [-0.39, 0.29) is 0 Å². The van der Waals surface area contributed by atoms with Gasteiger partial charge in [-0.3, -0.25) is 10.1 Å². The summed E-state index contributed by atoms with van der Waals surface area (Å²) in [5.41, 5.74) is 0.834. The van der Waals surface area contributed by atoms with Crippen molar-refractivity contribution >= 4 is 22.9 Å². The molecule has 0 fully saturated rings. The van der Waals surface area contributed by atoms with E-state index in [4.69, 9.17) is 14.6 Å². The van der Waals surface area contributed by atoms with Crippen LogP contribution in [0.25, 0.3) is 10.9 Å². The first-order valence-electron chi connectivity index (χ1n) is 6.37. The molecule has 106 valence electrons. The largest absolute Gasteiger partial charge is 0.497 e. The number of pyridine rings is 1. The van der Waals surface area contributed by atoms with E-state index in [1.165, 1.54) is 11.9 Å². The molecule has 2 N–H and O–H groups in total. The van der Waals surface area contributed by atoms with E-state index in [1.807, 2.05) is 48.5 Å². The second-order valence-corrected chi connectivity index (χ2v) is 5.09. The zero-order valence-corrected chi connectivity index (χ0v) is 12.3. The number of aromatic nitrogens is 1. The molecule has 0 amide bonds. The maximum atomic E-state index is 5.93. The van der Waals surface area contributed by atoms with E-state index >= 15 is 0 Å². The van der Waals surface area contributed by atoms with Gasteiger partial charge in [0.15, 0.2) is 0 Å². The van der Waals surface area contributed by atoms with Gasteiger partial charge in [-0.15, -0.1) is 0 Å². The summed E-state index contributed by atoms with van der Waals surface area (Å²) in [6.07, 6.45) is 1.72. The minimum atomic E-state index is 0.760. The summed E-state index contributed by atoms with van der Waals surface area (Å²) in [5.74, 6) is 2.29. The Hall–Kier alpha value is -2.24. The Balaban J connectivity index is 1.95. The van der Waals surface area contributed by atoms with Gasteiger partial charge in [0.25, 0.3) is 0 Å². The molecule has 3 aromatic rings. The highest BCUT2D eigenvalue weighted by molar-refractivity contribution is 7.97. The summed E-state index contributed by atoms with van der Waals surface area (Å²) in [6, 6.07) is 15.2. The van der Waals surface area contributed by atoms with Crippen LogP contribution >= 0.6 is 11.9 Å². The Morgan fingerprint density at radius 1 is 1.00 bits per heavy atom. The zero-order chi connectivity index (χ0) is 14.7. The van der Waals surface area contributed by atoms with Crippen molar-refractivity contribution in [3.8, 4) is 17.2 Å². The number of hydrogen-bond donors (Lipinski definition) is 1. The Labute approximate surface area is 127 Å². The lowest BCUT2D eigenvalue weighted by Gasteiger charge is -2.09. The standard InChI is InChI=1S/C16H14N2O2S/c1-19-12-4-7-14-15(10-12)18-9-8-16(14)20-11-2-5-13(21-17)6-3-11/h2-10H,17H2,1H3. The first kappa shape index (κ1) is 13.7. The number of nitrogens with two attached hydrogens (primary N) is 1. The van der Waals surface area contributed by atoms with Crippen LogP contribution in [-0.2, 0) is 0 Å². The zero-order valence-electron chi connectivity index (χ0n) is 11.4. The summed E-state index contributed by atoms with van der Waals surface area (Å²) >= 11 is 1.21. The molecule has 0 saturated heterocycles. The Bertz CT molecular complexity index is 760. The molecule has 0 atom stereocenters. The van der Waals surface area contributed by atoms with Crippen LogP contribution in [0.2, 0.25) is 0 Å². The molecule has 1 aromatic heterocycles. The van der Waals surface area contributed by atoms with E-state index in [0.29, 0.717) is 0 Å². The second-order valence-electron chi connectivity index (χ2n) is 4.38. The van der Waals surface area contributed by atoms with Gasteiger partial charge in [0.05, 0.1) is 12.6 Å². The number of methoxy groups -OCH3 is 1. The summed E-state index contributed by atoms with van der Waals surface area (Å²) in [4.78, 5) is 5.33. The fourth-order valence-corrected chi connectivity index (χ4v) is 2.32. The highest BCUT2D eigenvalue weighted by Crippen LogP contribution is 2.31. The van der Waals surface area contributed by atoms with Gasteiger partial charge in [0, 0.05) is 22.5 Å². The lowest BCUT2D eigenvalue weighted by molar-refractivity contribution is 0.415. The molecule has 0 unspecified atom stereocenters. The second kappa shape index (κ2) is 6.03. The number of nitrogens with zero attached hydrogens (tertiary/aromatic N) is 1. The van der Waals surface area contributed by atoms with Crippen LogP contribution in [0.4, 0.5) is 0 Å². The number of fused-ring (bicyclic) bond motifs is 1. The number of rotatable bonds is 4. The van der Waals surface area contributed by atoms with Gasteiger partial charge in [-0.25, -0.2) is 0 Å². The molecule has 0 radical (unpaired) electrons. The molecule has 21 heavy (non-hydrogen) atoms. The van der Waals surface area contributed by atoms with Gasteiger partial charge in [-0.1, -0.05) is 0 Å². The predicted molar refractivity (Wildman–Crippen MR) is 84.9 cm³/mol. The van der Waals surface area contributed by atoms with Crippen molar-refractivity contribution in [2.75, 3.05) is 7.11 Å². The molecule has 3 rings (SSSR count). The smallest absolute Gasteiger partial charge is 0.138 e. The predicted octanol–water partition coefficient (Wildman–Crippen LogP) is 4.00. The first-order chi connectivity index (χ1) is 10.3. The van der Waals surface area contributed by atoms with Crippen molar-refractivity contribution in [2.24, 2.45) is 5.14 Å². The van der Waals surface area contributed by atoms with Gasteiger partial charge in [-0.05, 0) is 54.4 Å². The fraction of sp³-hybridized carbons (Fsp3) is 0.0625. The number of ether oxygens (including phenoxy) is 2. The molecular formula is C16H14N2O2S. The van der Waals surface area contributed by atoms with Crippen LogP contribution in [-0.4, -0.2) is 12.1 Å². The van der Waals surface area contributed by atoms with Crippen molar-refractivity contribution in [1.82, 2.24) is 4.98 Å². The average molecular weight is 298 g/mol. The molecule has 1 heterocycles. The average Bonchev–Trinajstić information content (AvgIpc) is 2.55. The van der Waals surface area contributed by atoms with Crippen molar-refractivity contribution < 1.29 is 9.47 Å². The van der Waals surface area contributed by atoms with Gasteiger partial charge in [0.1, 0.15) is 17.2 Å². The van der Waals surface area contributed by atoms with Crippen molar-refractivity contribution in [3.63, 3.8) is 0 Å². The molecular weight excluding hydrogens is 284 g/mol. The highest BCUT2D eigenvalue weighted by Gasteiger charge is 2.06. The maximum absolute atomic E-state index is 5.93. The van der Waals surface area contributed by atoms with Crippen LogP contribution in [0.1, 0.15) is 0 Å². The van der Waals surface area contributed by atoms with Gasteiger partial charge < -0.3 is 9.47 Å². The Morgan fingerprint density at radius 2 is 1.76 bits per heavy atom. The van der Waals surface area contributed by atoms with Crippen LogP contribution < -0.4 is 14.6 Å². The molecule has 5 heteroatoms. The van der Waals surface area contributed by atoms with E-state index in [0.717, 1.165) is 33.0 Å². The van der Waals surface area contributed by atoms with E-state index in [2.05, 4.69) is 4.98 Å². The molecule has 4 nitrogen and oxygen atoms in total. The lowest BCUT2D eigenvalue weighted by atomic mass is 10.2. The maximum Gasteiger partial charge on any atom is 0.138 e. The number of hydrogen-bond acceptors (Lipinski definition) is 5. The minimum absolute atomic E-state index is 0.760. The quantitative estimate of drug-likeness (QED) is 0.738. The van der Waals surface area contributed by atoms with Crippen LogP contribution in [0.15, 0.2) is 59.6 Å². The minimum Gasteiger partial charge on any atom is -0.497 e. The number of benzene rings is 2. The SMILES string of the molecule is COc1ccc2c(Oc3ccc(SN)cc3)ccnc2c1. The van der Waals surface area contributed by atoms with E-state index < -0.39 is 0 Å². The third kappa shape index (κ3) is 2.94. The molecule has 0 aliphatic heterocycles. The Morgan fingerprint density at radius 3 is 2.48 bits per heavy atom. The summed E-state index contributed by atoms with van der Waals surface area (Å²) in [6.45, 7) is 0. The summed E-state index contributed by atoms with van der Waals surface area (Å²) in [5, 5.41) is 6.45. The topological polar surface area (TPSA) is 57.4 Å². The molecule has 0 spiro atoms. The lowest BCUT2D eigenvalue weighted by Crippen LogP contribution is -1.89. The molecule has 0 aliphatic carbocycles. The van der Waals surface area contributed by atoms with Gasteiger partial charge in [0.2, 0.25) is 0 Å². The van der Waals surface area contributed by atoms with Crippen LogP contribution in [0, 0.1) is 0 Å². The van der Waals surface area contributed by atoms with E-state index in [9.17, 15) is 0 Å². The van der Waals surface area contributed by atoms with Crippen molar-refractivity contribution in [2.45, 2.75) is 4.90 Å². The summed E-state index contributed by atoms with van der Waals surface area (Å²) in [7, 11) is 1.64. The van der Waals surface area contributed by atoms with Crippen molar-refractivity contribution in [1.29, 1.82) is 0 Å². The molecule has 2 aromatic carbocycles. The molecule has 0 aliphatic rings. The van der Waals surface area contributed by atoms with Gasteiger partial charge >= 0.3 is 0 Å². The van der Waals surface area contributed by atoms with Gasteiger partial charge in [-0.2, -0.15) is 0 Å². The third-order valence-corrected chi connectivity index (χ3v) is 3.64. The van der Waals surface area contributed by atoms with E-state index in [1.54, 1.807) is 13.3 Å². The highest BCUT2D eigenvalue weighted by atomic mass is 32.2. The molecule has 0 saturated carbocycles. The summed E-state index contributed by atoms with van der Waals surface area (Å²) < 4.78 is 11.1. The molecule has 0 bridgehead atoms. The van der Waals surface area contributed by atoms with Crippen LogP contribution in [0.3, 0.4) is 0 Å². The monoisotopic (exact) mass is 298 g/mol. The van der Waals surface area contributed by atoms with Crippen LogP contribution in [0.5, 0.6) is 17.2 Å². The fourth-order valence-electron chi connectivity index (χ4n) is 2.03. The normalized spacial score (nSPS) is 10.6. The van der Waals surface area contributed by atoms with Crippen molar-refractivity contribution in [3.05, 3.63) is 54.7 Å². The third-order valence-electron chi connectivity index (χ3n) is 3.10.